The number of likely N-dealkylation sites (N-methyl/N-ethyl adjacent to an activating group) is 1. The van der Waals surface area contributed by atoms with Crippen LogP contribution < -0.4 is 5.32 Å². The zero-order chi connectivity index (χ0) is 22.6. The maximum Gasteiger partial charge on any atom is 0.243 e. The molecule has 0 radical (unpaired) electrons. The van der Waals surface area contributed by atoms with Gasteiger partial charge in [0.15, 0.2) is 0 Å². The molecule has 2 heterocycles. The van der Waals surface area contributed by atoms with Crippen LogP contribution in [0.2, 0.25) is 0 Å². The number of rotatable bonds is 8. The standard InChI is InChI=1S/C23H33N3O4S/c1-17(2)18-7-9-20(10-8-18)31(28,29)26-13-11-19(12-14-26)23(27)24-16-21(25(3)4)22-6-5-15-30-22/h5-10,15,17,19,21H,11-14,16H2,1-4H3,(H,24,27). The average molecular weight is 448 g/mol. The van der Waals surface area contributed by atoms with Crippen molar-refractivity contribution in [3.05, 3.63) is 54.0 Å². The largest absolute Gasteiger partial charge is 0.468 e. The number of benzene rings is 1. The van der Waals surface area contributed by atoms with Gasteiger partial charge < -0.3 is 9.73 Å². The number of amides is 1. The summed E-state index contributed by atoms with van der Waals surface area (Å²) in [5, 5.41) is 3.02. The Balaban J connectivity index is 1.55. The highest BCUT2D eigenvalue weighted by Gasteiger charge is 2.32. The minimum atomic E-state index is -3.54. The first-order valence-corrected chi connectivity index (χ1v) is 12.2. The zero-order valence-corrected chi connectivity index (χ0v) is 19.6. The van der Waals surface area contributed by atoms with Crippen molar-refractivity contribution in [2.24, 2.45) is 5.92 Å². The molecular formula is C23H33N3O4S. The van der Waals surface area contributed by atoms with Crippen LogP contribution in [-0.2, 0) is 14.8 Å². The van der Waals surface area contributed by atoms with Gasteiger partial charge in [-0.05, 0) is 62.7 Å². The lowest BCUT2D eigenvalue weighted by Gasteiger charge is -2.31. The molecule has 1 amide bonds. The fraction of sp³-hybridized carbons (Fsp3) is 0.522. The Morgan fingerprint density at radius 1 is 1.16 bits per heavy atom. The Kier molecular flexibility index (Phi) is 7.56. The van der Waals surface area contributed by atoms with Crippen LogP contribution in [0.15, 0.2) is 52.0 Å². The number of sulfonamides is 1. The maximum absolute atomic E-state index is 13.0. The van der Waals surface area contributed by atoms with Crippen molar-refractivity contribution < 1.29 is 17.6 Å². The van der Waals surface area contributed by atoms with Crippen molar-refractivity contribution in [2.75, 3.05) is 33.7 Å². The molecule has 8 heteroatoms. The molecule has 1 fully saturated rings. The van der Waals surface area contributed by atoms with E-state index in [4.69, 9.17) is 4.42 Å². The van der Waals surface area contributed by atoms with Crippen molar-refractivity contribution in [2.45, 2.75) is 43.5 Å². The SMILES string of the molecule is CC(C)c1ccc(S(=O)(=O)N2CCC(C(=O)NCC(c3ccco3)N(C)C)CC2)cc1. The van der Waals surface area contributed by atoms with Gasteiger partial charge in [-0.1, -0.05) is 26.0 Å². The Bertz CT molecular complexity index is 945. The maximum atomic E-state index is 13.0. The third-order valence-corrected chi connectivity index (χ3v) is 7.89. The van der Waals surface area contributed by atoms with Gasteiger partial charge in [-0.15, -0.1) is 0 Å². The summed E-state index contributed by atoms with van der Waals surface area (Å²) in [4.78, 5) is 15.0. The summed E-state index contributed by atoms with van der Waals surface area (Å²) in [6, 6.07) is 10.8. The number of furan rings is 1. The Hall–Kier alpha value is -2.16. The van der Waals surface area contributed by atoms with E-state index in [-0.39, 0.29) is 17.9 Å². The smallest absolute Gasteiger partial charge is 0.243 e. The van der Waals surface area contributed by atoms with Gasteiger partial charge in [-0.3, -0.25) is 9.69 Å². The molecular weight excluding hydrogens is 414 g/mol. The molecule has 1 aliphatic heterocycles. The molecule has 1 atom stereocenters. The minimum absolute atomic E-state index is 0.0308. The molecule has 7 nitrogen and oxygen atoms in total. The van der Waals surface area contributed by atoms with Gasteiger partial charge in [0, 0.05) is 25.6 Å². The van der Waals surface area contributed by atoms with Crippen molar-refractivity contribution in [1.82, 2.24) is 14.5 Å². The molecule has 2 aromatic rings. The number of nitrogens with one attached hydrogen (secondary N) is 1. The van der Waals surface area contributed by atoms with Crippen molar-refractivity contribution >= 4 is 15.9 Å². The van der Waals surface area contributed by atoms with Crippen LogP contribution in [0.5, 0.6) is 0 Å². The van der Waals surface area contributed by atoms with E-state index >= 15 is 0 Å². The highest BCUT2D eigenvalue weighted by atomic mass is 32.2. The van der Waals surface area contributed by atoms with Gasteiger partial charge in [0.25, 0.3) is 0 Å². The summed E-state index contributed by atoms with van der Waals surface area (Å²) in [7, 11) is 0.344. The van der Waals surface area contributed by atoms with Crippen LogP contribution in [0.4, 0.5) is 0 Å². The zero-order valence-electron chi connectivity index (χ0n) is 18.7. The predicted octanol–water partition coefficient (Wildman–Crippen LogP) is 3.22. The van der Waals surface area contributed by atoms with Gasteiger partial charge in [0.2, 0.25) is 15.9 Å². The van der Waals surface area contributed by atoms with Crippen molar-refractivity contribution in [1.29, 1.82) is 0 Å². The summed E-state index contributed by atoms with van der Waals surface area (Å²) in [5.41, 5.74) is 1.11. The average Bonchev–Trinajstić information content (AvgIpc) is 3.28. The third-order valence-electron chi connectivity index (χ3n) is 5.97. The van der Waals surface area contributed by atoms with Crippen LogP contribution in [0.3, 0.4) is 0 Å². The molecule has 3 rings (SSSR count). The van der Waals surface area contributed by atoms with Crippen molar-refractivity contribution in [3.63, 3.8) is 0 Å². The quantitative estimate of drug-likeness (QED) is 0.672. The molecule has 0 bridgehead atoms. The predicted molar refractivity (Wildman–Crippen MR) is 120 cm³/mol. The fourth-order valence-corrected chi connectivity index (χ4v) is 5.36. The number of hydrogen-bond donors (Lipinski definition) is 1. The third kappa shape index (κ3) is 5.56. The summed E-state index contributed by atoms with van der Waals surface area (Å²) in [6.45, 7) is 5.30. The first-order chi connectivity index (χ1) is 14.7. The second kappa shape index (κ2) is 9.97. The van der Waals surface area contributed by atoms with Crippen LogP contribution in [0, 0.1) is 5.92 Å². The summed E-state index contributed by atoms with van der Waals surface area (Å²) < 4.78 is 32.9. The lowest BCUT2D eigenvalue weighted by Crippen LogP contribution is -2.44. The first kappa shape index (κ1) is 23.5. The molecule has 0 aliphatic carbocycles. The second-order valence-corrected chi connectivity index (χ2v) is 10.6. The van der Waals surface area contributed by atoms with Gasteiger partial charge in [-0.2, -0.15) is 4.31 Å². The summed E-state index contributed by atoms with van der Waals surface area (Å²) >= 11 is 0. The monoisotopic (exact) mass is 447 g/mol. The second-order valence-electron chi connectivity index (χ2n) is 8.64. The van der Waals surface area contributed by atoms with Crippen LogP contribution >= 0.6 is 0 Å². The van der Waals surface area contributed by atoms with E-state index < -0.39 is 10.0 Å². The van der Waals surface area contributed by atoms with E-state index in [9.17, 15) is 13.2 Å². The van der Waals surface area contributed by atoms with E-state index in [2.05, 4.69) is 19.2 Å². The van der Waals surface area contributed by atoms with Gasteiger partial charge >= 0.3 is 0 Å². The van der Waals surface area contributed by atoms with E-state index in [0.29, 0.717) is 43.3 Å². The highest BCUT2D eigenvalue weighted by molar-refractivity contribution is 7.89. The molecule has 0 spiro atoms. The first-order valence-electron chi connectivity index (χ1n) is 10.8. The summed E-state index contributed by atoms with van der Waals surface area (Å²) in [6.07, 6.45) is 2.66. The molecule has 31 heavy (non-hydrogen) atoms. The summed E-state index contributed by atoms with van der Waals surface area (Å²) in [5.74, 6) is 0.937. The molecule has 1 saturated heterocycles. The van der Waals surface area contributed by atoms with E-state index in [1.54, 1.807) is 18.4 Å². The molecule has 0 saturated carbocycles. The number of hydrogen-bond acceptors (Lipinski definition) is 5. The van der Waals surface area contributed by atoms with E-state index in [1.165, 1.54) is 4.31 Å². The Morgan fingerprint density at radius 3 is 2.32 bits per heavy atom. The topological polar surface area (TPSA) is 82.9 Å². The lowest BCUT2D eigenvalue weighted by atomic mass is 9.97. The molecule has 1 aromatic carbocycles. The van der Waals surface area contributed by atoms with Crippen LogP contribution in [0.1, 0.15) is 50.0 Å². The molecule has 1 aromatic heterocycles. The van der Waals surface area contributed by atoms with E-state index in [0.717, 1.165) is 11.3 Å². The number of piperidine rings is 1. The molecule has 170 valence electrons. The van der Waals surface area contributed by atoms with Crippen LogP contribution in [-0.4, -0.2) is 57.3 Å². The van der Waals surface area contributed by atoms with Crippen LogP contribution in [0.25, 0.3) is 0 Å². The number of carbonyl (C=O) groups excluding carboxylic acids is 1. The van der Waals surface area contributed by atoms with E-state index in [1.807, 2.05) is 43.3 Å². The molecule has 1 N–H and O–H groups in total. The molecule has 1 unspecified atom stereocenters. The lowest BCUT2D eigenvalue weighted by molar-refractivity contribution is -0.126. The van der Waals surface area contributed by atoms with Gasteiger partial charge in [0.1, 0.15) is 5.76 Å². The minimum Gasteiger partial charge on any atom is -0.468 e. The van der Waals surface area contributed by atoms with Crippen molar-refractivity contribution in [3.8, 4) is 0 Å². The Labute approximate surface area is 185 Å². The Morgan fingerprint density at radius 2 is 1.81 bits per heavy atom. The highest BCUT2D eigenvalue weighted by Crippen LogP contribution is 2.26. The molecule has 1 aliphatic rings. The fourth-order valence-electron chi connectivity index (χ4n) is 3.89. The van der Waals surface area contributed by atoms with Gasteiger partial charge in [0.05, 0.1) is 17.2 Å². The van der Waals surface area contributed by atoms with Gasteiger partial charge in [-0.25, -0.2) is 8.42 Å². The number of nitrogens with zero attached hydrogens (tertiary/aromatic N) is 2. The normalized spacial score (nSPS) is 17.2. The number of carbonyl (C=O) groups is 1.